The molecule has 0 unspecified atom stereocenters. The van der Waals surface area contributed by atoms with Gasteiger partial charge in [-0.3, -0.25) is 20.2 Å². The molecule has 0 aliphatic carbocycles. The van der Waals surface area contributed by atoms with Crippen LogP contribution in [-0.2, 0) is 0 Å². The number of likely N-dealkylation sites (N-methyl/N-ethyl adjacent to an activating group) is 1. The first kappa shape index (κ1) is 13.8. The molecule has 0 aromatic heterocycles. The highest BCUT2D eigenvalue weighted by Crippen LogP contribution is 2.30. The van der Waals surface area contributed by atoms with Crippen molar-refractivity contribution in [2.75, 3.05) is 19.7 Å². The number of nitrogens with one attached hydrogen (secondary N) is 1. The Labute approximate surface area is 103 Å². The minimum Gasteiger partial charge on any atom is -0.485 e. The van der Waals surface area contributed by atoms with E-state index in [4.69, 9.17) is 4.74 Å². The van der Waals surface area contributed by atoms with Gasteiger partial charge in [0.25, 0.3) is 5.69 Å². The highest BCUT2D eigenvalue weighted by atomic mass is 16.6. The average molecular weight is 255 g/mol. The number of nitro groups is 2. The maximum atomic E-state index is 10.8. The van der Waals surface area contributed by atoms with Gasteiger partial charge in [-0.2, -0.15) is 0 Å². The summed E-state index contributed by atoms with van der Waals surface area (Å²) in [4.78, 5) is 19.9. The van der Waals surface area contributed by atoms with Crippen LogP contribution in [0.1, 0.15) is 6.92 Å². The van der Waals surface area contributed by atoms with E-state index in [1.807, 2.05) is 6.92 Å². The molecule has 8 heteroatoms. The molecule has 0 amide bonds. The highest BCUT2D eigenvalue weighted by molar-refractivity contribution is 5.53. The standard InChI is InChI=1S/C10H13N3O5/c1-2-11-5-6-18-10-4-3-8(12(14)15)7-9(10)13(16)17/h3-4,7,11H,2,5-6H2,1H3. The van der Waals surface area contributed by atoms with Crippen molar-refractivity contribution in [2.24, 2.45) is 0 Å². The number of ether oxygens (including phenoxy) is 1. The summed E-state index contributed by atoms with van der Waals surface area (Å²) in [6.45, 7) is 3.50. The first-order valence-electron chi connectivity index (χ1n) is 5.32. The fourth-order valence-electron chi connectivity index (χ4n) is 1.29. The van der Waals surface area contributed by atoms with Crippen molar-refractivity contribution >= 4 is 11.4 Å². The minimum atomic E-state index is -0.699. The van der Waals surface area contributed by atoms with Crippen molar-refractivity contribution < 1.29 is 14.6 Å². The topological polar surface area (TPSA) is 108 Å². The molecule has 0 fully saturated rings. The largest absolute Gasteiger partial charge is 0.485 e. The van der Waals surface area contributed by atoms with Crippen LogP contribution in [0, 0.1) is 20.2 Å². The zero-order chi connectivity index (χ0) is 13.5. The fourth-order valence-corrected chi connectivity index (χ4v) is 1.29. The van der Waals surface area contributed by atoms with E-state index in [0.717, 1.165) is 12.6 Å². The normalized spacial score (nSPS) is 10.1. The lowest BCUT2D eigenvalue weighted by molar-refractivity contribution is -0.394. The van der Waals surface area contributed by atoms with Crippen LogP contribution in [0.15, 0.2) is 18.2 Å². The Morgan fingerprint density at radius 2 is 2.00 bits per heavy atom. The molecule has 0 bridgehead atoms. The molecule has 1 rings (SSSR count). The number of rotatable bonds is 7. The molecule has 0 atom stereocenters. The zero-order valence-electron chi connectivity index (χ0n) is 9.79. The number of hydrogen-bond acceptors (Lipinski definition) is 6. The maximum absolute atomic E-state index is 10.8. The van der Waals surface area contributed by atoms with Crippen LogP contribution in [0.5, 0.6) is 5.75 Å². The van der Waals surface area contributed by atoms with Crippen LogP contribution in [0.25, 0.3) is 0 Å². The van der Waals surface area contributed by atoms with Gasteiger partial charge in [0.05, 0.1) is 15.9 Å². The third kappa shape index (κ3) is 3.67. The van der Waals surface area contributed by atoms with Crippen molar-refractivity contribution in [1.29, 1.82) is 0 Å². The summed E-state index contributed by atoms with van der Waals surface area (Å²) in [7, 11) is 0. The molecule has 98 valence electrons. The predicted octanol–water partition coefficient (Wildman–Crippen LogP) is 1.49. The summed E-state index contributed by atoms with van der Waals surface area (Å²) in [6, 6.07) is 3.31. The van der Waals surface area contributed by atoms with Crippen molar-refractivity contribution in [2.45, 2.75) is 6.92 Å². The van der Waals surface area contributed by atoms with Gasteiger partial charge in [-0.25, -0.2) is 0 Å². The van der Waals surface area contributed by atoms with E-state index in [-0.39, 0.29) is 18.0 Å². The predicted molar refractivity (Wildman–Crippen MR) is 63.8 cm³/mol. The Morgan fingerprint density at radius 3 is 2.56 bits per heavy atom. The lowest BCUT2D eigenvalue weighted by Gasteiger charge is -2.06. The van der Waals surface area contributed by atoms with E-state index in [0.29, 0.717) is 6.54 Å². The summed E-state index contributed by atoms with van der Waals surface area (Å²) in [5.74, 6) is 0.0310. The lowest BCUT2D eigenvalue weighted by Crippen LogP contribution is -2.20. The van der Waals surface area contributed by atoms with Crippen LogP contribution in [0.3, 0.4) is 0 Å². The number of nitrogens with zero attached hydrogens (tertiary/aromatic N) is 2. The van der Waals surface area contributed by atoms with Gasteiger partial charge in [0, 0.05) is 12.6 Å². The average Bonchev–Trinajstić information content (AvgIpc) is 2.34. The van der Waals surface area contributed by atoms with Gasteiger partial charge in [-0.15, -0.1) is 0 Å². The Kier molecular flexibility index (Phi) is 5.00. The molecular weight excluding hydrogens is 242 g/mol. The van der Waals surface area contributed by atoms with Crippen molar-refractivity contribution in [3.05, 3.63) is 38.4 Å². The first-order valence-corrected chi connectivity index (χ1v) is 5.32. The zero-order valence-corrected chi connectivity index (χ0v) is 9.79. The molecule has 1 aromatic carbocycles. The van der Waals surface area contributed by atoms with Crippen molar-refractivity contribution in [1.82, 2.24) is 5.32 Å². The summed E-state index contributed by atoms with van der Waals surface area (Å²) >= 11 is 0. The van der Waals surface area contributed by atoms with Crippen LogP contribution in [-0.4, -0.2) is 29.5 Å². The molecule has 0 spiro atoms. The van der Waals surface area contributed by atoms with Crippen LogP contribution in [0.4, 0.5) is 11.4 Å². The number of hydrogen-bond donors (Lipinski definition) is 1. The molecule has 0 radical (unpaired) electrons. The Morgan fingerprint density at radius 1 is 1.28 bits per heavy atom. The quantitative estimate of drug-likeness (QED) is 0.449. The second-order valence-electron chi connectivity index (χ2n) is 3.37. The van der Waals surface area contributed by atoms with Crippen molar-refractivity contribution in [3.63, 3.8) is 0 Å². The Balaban J connectivity index is 2.83. The van der Waals surface area contributed by atoms with Crippen molar-refractivity contribution in [3.8, 4) is 5.75 Å². The number of benzene rings is 1. The summed E-state index contributed by atoms with van der Waals surface area (Å²) in [5.41, 5.74) is -0.735. The van der Waals surface area contributed by atoms with E-state index in [2.05, 4.69) is 5.32 Å². The van der Waals surface area contributed by atoms with E-state index >= 15 is 0 Å². The third-order valence-electron chi connectivity index (χ3n) is 2.14. The number of non-ortho nitro benzene ring substituents is 1. The summed E-state index contributed by atoms with van der Waals surface area (Å²) in [6.07, 6.45) is 0. The minimum absolute atomic E-state index is 0.0310. The third-order valence-corrected chi connectivity index (χ3v) is 2.14. The molecule has 0 aliphatic rings. The van der Waals surface area contributed by atoms with Gasteiger partial charge >= 0.3 is 5.69 Å². The Hall–Kier alpha value is -2.22. The molecule has 1 aromatic rings. The smallest absolute Gasteiger partial charge is 0.317 e. The van der Waals surface area contributed by atoms with E-state index in [1.165, 1.54) is 12.1 Å². The van der Waals surface area contributed by atoms with Crippen LogP contribution < -0.4 is 10.1 Å². The SMILES string of the molecule is CCNCCOc1ccc([N+](=O)[O-])cc1[N+](=O)[O-]. The lowest BCUT2D eigenvalue weighted by atomic mass is 10.2. The van der Waals surface area contributed by atoms with Gasteiger partial charge in [0.2, 0.25) is 0 Å². The van der Waals surface area contributed by atoms with Gasteiger partial charge in [-0.05, 0) is 12.6 Å². The second kappa shape index (κ2) is 6.50. The van der Waals surface area contributed by atoms with Gasteiger partial charge in [-0.1, -0.05) is 6.92 Å². The van der Waals surface area contributed by atoms with E-state index in [9.17, 15) is 20.2 Å². The summed E-state index contributed by atoms with van der Waals surface area (Å²) in [5, 5.41) is 24.3. The van der Waals surface area contributed by atoms with Gasteiger partial charge in [0.15, 0.2) is 5.75 Å². The fraction of sp³-hybridized carbons (Fsp3) is 0.400. The molecule has 8 nitrogen and oxygen atoms in total. The molecule has 0 saturated heterocycles. The van der Waals surface area contributed by atoms with Crippen LogP contribution >= 0.6 is 0 Å². The summed E-state index contributed by atoms with van der Waals surface area (Å²) < 4.78 is 5.21. The number of nitro benzene ring substituents is 2. The second-order valence-corrected chi connectivity index (χ2v) is 3.37. The highest BCUT2D eigenvalue weighted by Gasteiger charge is 2.20. The maximum Gasteiger partial charge on any atom is 0.317 e. The Bertz CT molecular complexity index is 449. The molecule has 0 heterocycles. The van der Waals surface area contributed by atoms with Gasteiger partial charge < -0.3 is 10.1 Å². The first-order chi connectivity index (χ1) is 8.56. The molecule has 0 aliphatic heterocycles. The van der Waals surface area contributed by atoms with E-state index in [1.54, 1.807) is 0 Å². The van der Waals surface area contributed by atoms with Gasteiger partial charge in [0.1, 0.15) is 6.61 Å². The monoisotopic (exact) mass is 255 g/mol. The van der Waals surface area contributed by atoms with Crippen LogP contribution in [0.2, 0.25) is 0 Å². The molecule has 0 saturated carbocycles. The molecule has 1 N–H and O–H groups in total. The molecule has 18 heavy (non-hydrogen) atoms. The molecular formula is C10H13N3O5. The van der Waals surface area contributed by atoms with E-state index < -0.39 is 15.5 Å².